The van der Waals surface area contributed by atoms with Crippen LogP contribution in [0.3, 0.4) is 0 Å². The van der Waals surface area contributed by atoms with Gasteiger partial charge in [0.25, 0.3) is 0 Å². The van der Waals surface area contributed by atoms with Crippen LogP contribution in [0.5, 0.6) is 0 Å². The molecule has 1 N–H and O–H groups in total. The molecule has 2 amide bonds. The van der Waals surface area contributed by atoms with Crippen molar-refractivity contribution >= 4 is 6.03 Å². The molecule has 1 aromatic rings. The summed E-state index contributed by atoms with van der Waals surface area (Å²) in [7, 11) is 0. The molecule has 0 aliphatic carbocycles. The van der Waals surface area contributed by atoms with Gasteiger partial charge in [-0.15, -0.1) is 0 Å². The average Bonchev–Trinajstić information content (AvgIpc) is 2.96. The van der Waals surface area contributed by atoms with Crippen molar-refractivity contribution < 1.29 is 27.1 Å². The summed E-state index contributed by atoms with van der Waals surface area (Å²) in [6.45, 7) is -0.652. The van der Waals surface area contributed by atoms with Gasteiger partial charge in [-0.25, -0.2) is 9.18 Å². The van der Waals surface area contributed by atoms with Gasteiger partial charge in [-0.3, -0.25) is 0 Å². The summed E-state index contributed by atoms with van der Waals surface area (Å²) in [6, 6.07) is 4.77. The number of alkyl halides is 3. The molecular formula is C15H18F4N2O2. The number of hydrogen-bond acceptors (Lipinski definition) is 2. The first kappa shape index (κ1) is 17.5. The number of halogens is 4. The van der Waals surface area contributed by atoms with E-state index in [1.807, 2.05) is 5.32 Å². The molecule has 1 heterocycles. The van der Waals surface area contributed by atoms with Crippen LogP contribution in [0.15, 0.2) is 24.3 Å². The largest absolute Gasteiger partial charge is 0.405 e. The molecule has 0 bridgehead atoms. The molecule has 128 valence electrons. The zero-order chi connectivity index (χ0) is 16.9. The second-order valence-electron chi connectivity index (χ2n) is 5.42. The summed E-state index contributed by atoms with van der Waals surface area (Å²) in [5.41, 5.74) is 0.505. The first-order chi connectivity index (χ1) is 10.8. The number of carbonyl (C=O) groups excluding carboxylic acids is 1. The fourth-order valence-electron chi connectivity index (χ4n) is 2.40. The number of nitrogens with one attached hydrogen (secondary N) is 1. The maximum Gasteiger partial charge on any atom is 0.405 e. The lowest BCUT2D eigenvalue weighted by Crippen LogP contribution is -2.46. The molecule has 1 aromatic carbocycles. The van der Waals surface area contributed by atoms with Crippen LogP contribution in [-0.4, -0.2) is 42.9 Å². The summed E-state index contributed by atoms with van der Waals surface area (Å²) in [5.74, 6) is -0.463. The lowest BCUT2D eigenvalue weighted by atomic mass is 10.2. The van der Waals surface area contributed by atoms with Crippen LogP contribution in [-0.2, 0) is 11.3 Å². The highest BCUT2D eigenvalue weighted by Gasteiger charge is 2.30. The van der Waals surface area contributed by atoms with E-state index in [9.17, 15) is 22.4 Å². The Kier molecular flexibility index (Phi) is 5.81. The van der Waals surface area contributed by atoms with E-state index < -0.39 is 24.6 Å². The second kappa shape index (κ2) is 7.63. The molecule has 1 aliphatic rings. The van der Waals surface area contributed by atoms with E-state index in [-0.39, 0.29) is 19.2 Å². The third kappa shape index (κ3) is 6.05. The monoisotopic (exact) mass is 334 g/mol. The van der Waals surface area contributed by atoms with Gasteiger partial charge in [-0.1, -0.05) is 12.1 Å². The molecule has 1 saturated heterocycles. The number of urea groups is 1. The maximum absolute atomic E-state index is 13.2. The quantitative estimate of drug-likeness (QED) is 0.841. The molecule has 2 rings (SSSR count). The van der Waals surface area contributed by atoms with Crippen molar-refractivity contribution in [1.82, 2.24) is 10.2 Å². The van der Waals surface area contributed by atoms with Gasteiger partial charge in [0, 0.05) is 19.7 Å². The third-order valence-corrected chi connectivity index (χ3v) is 3.44. The van der Waals surface area contributed by atoms with E-state index in [1.54, 1.807) is 6.07 Å². The topological polar surface area (TPSA) is 41.6 Å². The minimum atomic E-state index is -4.48. The molecule has 0 radical (unpaired) electrons. The second-order valence-corrected chi connectivity index (χ2v) is 5.42. The zero-order valence-corrected chi connectivity index (χ0v) is 12.4. The Morgan fingerprint density at radius 2 is 2.17 bits per heavy atom. The summed E-state index contributed by atoms with van der Waals surface area (Å²) < 4.78 is 55.4. The van der Waals surface area contributed by atoms with Crippen molar-refractivity contribution in [1.29, 1.82) is 0 Å². The fraction of sp³-hybridized carbons (Fsp3) is 0.533. The van der Waals surface area contributed by atoms with Gasteiger partial charge in [-0.05, 0) is 30.5 Å². The zero-order valence-electron chi connectivity index (χ0n) is 12.4. The highest BCUT2D eigenvalue weighted by atomic mass is 19.4. The molecule has 0 saturated carbocycles. The van der Waals surface area contributed by atoms with Crippen LogP contribution < -0.4 is 5.32 Å². The van der Waals surface area contributed by atoms with Crippen LogP contribution in [0.25, 0.3) is 0 Å². The fourth-order valence-corrected chi connectivity index (χ4v) is 2.40. The average molecular weight is 334 g/mol. The van der Waals surface area contributed by atoms with Gasteiger partial charge in [0.1, 0.15) is 12.4 Å². The maximum atomic E-state index is 13.2. The van der Waals surface area contributed by atoms with Crippen molar-refractivity contribution in [2.24, 2.45) is 0 Å². The highest BCUT2D eigenvalue weighted by molar-refractivity contribution is 5.74. The Morgan fingerprint density at radius 3 is 2.78 bits per heavy atom. The first-order valence-electron chi connectivity index (χ1n) is 7.29. The van der Waals surface area contributed by atoms with Gasteiger partial charge in [-0.2, -0.15) is 13.2 Å². The van der Waals surface area contributed by atoms with Gasteiger partial charge < -0.3 is 15.0 Å². The lowest BCUT2D eigenvalue weighted by Gasteiger charge is -2.26. The molecular weight excluding hydrogens is 316 g/mol. The predicted molar refractivity (Wildman–Crippen MR) is 75.2 cm³/mol. The number of ether oxygens (including phenoxy) is 1. The summed E-state index contributed by atoms with van der Waals surface area (Å²) in [4.78, 5) is 13.3. The molecule has 1 atom stereocenters. The van der Waals surface area contributed by atoms with E-state index in [0.717, 1.165) is 12.8 Å². The lowest BCUT2D eigenvalue weighted by molar-refractivity contribution is -0.123. The normalized spacial score (nSPS) is 18.0. The number of benzene rings is 1. The van der Waals surface area contributed by atoms with E-state index in [0.29, 0.717) is 12.2 Å². The number of hydrogen-bond donors (Lipinski definition) is 1. The van der Waals surface area contributed by atoms with Crippen LogP contribution in [0.4, 0.5) is 22.4 Å². The molecule has 1 aliphatic heterocycles. The van der Waals surface area contributed by atoms with Crippen molar-refractivity contribution in [2.75, 3.05) is 19.7 Å². The first-order valence-corrected chi connectivity index (χ1v) is 7.29. The molecule has 1 fully saturated rings. The molecule has 8 heteroatoms. The Morgan fingerprint density at radius 1 is 1.39 bits per heavy atom. The van der Waals surface area contributed by atoms with E-state index >= 15 is 0 Å². The van der Waals surface area contributed by atoms with Crippen molar-refractivity contribution in [3.05, 3.63) is 35.6 Å². The Balaban J connectivity index is 2.02. The molecule has 0 spiro atoms. The van der Waals surface area contributed by atoms with Crippen molar-refractivity contribution in [3.63, 3.8) is 0 Å². The van der Waals surface area contributed by atoms with Gasteiger partial charge in [0.2, 0.25) is 0 Å². The summed E-state index contributed by atoms with van der Waals surface area (Å²) >= 11 is 0. The van der Waals surface area contributed by atoms with E-state index in [2.05, 4.69) is 0 Å². The van der Waals surface area contributed by atoms with Gasteiger partial charge in [0.15, 0.2) is 0 Å². The molecule has 4 nitrogen and oxygen atoms in total. The summed E-state index contributed by atoms with van der Waals surface area (Å²) in [6.07, 6.45) is -3.10. The number of rotatable bonds is 5. The standard InChI is InChI=1S/C15H18F4N2O2/c16-12-4-1-3-11(7-12)8-21(9-13-5-2-6-23-13)14(22)20-10-15(17,18)19/h1,3-4,7,13H,2,5-6,8-10H2,(H,20,22). The minimum absolute atomic E-state index is 0.0152. The number of amides is 2. The Labute approximate surface area is 131 Å². The van der Waals surface area contributed by atoms with Gasteiger partial charge in [0.05, 0.1) is 6.10 Å². The van der Waals surface area contributed by atoms with Crippen LogP contribution >= 0.6 is 0 Å². The van der Waals surface area contributed by atoms with Crippen molar-refractivity contribution in [2.45, 2.75) is 31.7 Å². The van der Waals surface area contributed by atoms with E-state index in [4.69, 9.17) is 4.74 Å². The Hall–Kier alpha value is -1.83. The van der Waals surface area contributed by atoms with Crippen LogP contribution in [0, 0.1) is 5.82 Å². The van der Waals surface area contributed by atoms with Crippen molar-refractivity contribution in [3.8, 4) is 0 Å². The van der Waals surface area contributed by atoms with Crippen LogP contribution in [0.2, 0.25) is 0 Å². The number of nitrogens with zero attached hydrogens (tertiary/aromatic N) is 1. The Bertz CT molecular complexity index is 530. The minimum Gasteiger partial charge on any atom is -0.376 e. The molecule has 1 unspecified atom stereocenters. The van der Waals surface area contributed by atoms with E-state index in [1.165, 1.54) is 23.1 Å². The highest BCUT2D eigenvalue weighted by Crippen LogP contribution is 2.17. The predicted octanol–water partition coefficient (Wildman–Crippen LogP) is 3.08. The van der Waals surface area contributed by atoms with Crippen LogP contribution in [0.1, 0.15) is 18.4 Å². The SMILES string of the molecule is O=C(NCC(F)(F)F)N(Cc1cccc(F)c1)CC1CCCO1. The van der Waals surface area contributed by atoms with Gasteiger partial charge >= 0.3 is 12.2 Å². The smallest absolute Gasteiger partial charge is 0.376 e. The third-order valence-electron chi connectivity index (χ3n) is 3.44. The number of carbonyl (C=O) groups is 1. The molecule has 23 heavy (non-hydrogen) atoms. The summed E-state index contributed by atoms with van der Waals surface area (Å²) in [5, 5.41) is 1.84. The molecule has 0 aromatic heterocycles.